The standard InChI is InChI=1S/C17H24N2S/c1-13-14(2)20-17(19-13)12-16(18-3)11-7-10-15-8-5-4-6-9-15/h4-6,8-9,16,18H,7,10-12H2,1-3H3. The molecule has 2 rings (SSSR count). The third kappa shape index (κ3) is 4.43. The third-order valence-electron chi connectivity index (χ3n) is 3.76. The molecule has 0 aliphatic rings. The molecule has 20 heavy (non-hydrogen) atoms. The van der Waals surface area contributed by atoms with Crippen LogP contribution in [0.5, 0.6) is 0 Å². The van der Waals surface area contributed by atoms with Crippen LogP contribution >= 0.6 is 11.3 Å². The first kappa shape index (κ1) is 15.2. The van der Waals surface area contributed by atoms with Crippen LogP contribution in [-0.2, 0) is 12.8 Å². The number of aryl methyl sites for hydroxylation is 3. The van der Waals surface area contributed by atoms with E-state index in [0.29, 0.717) is 6.04 Å². The highest BCUT2D eigenvalue weighted by atomic mass is 32.1. The molecule has 0 spiro atoms. The maximum absolute atomic E-state index is 4.64. The molecule has 108 valence electrons. The summed E-state index contributed by atoms with van der Waals surface area (Å²) in [6, 6.07) is 11.3. The van der Waals surface area contributed by atoms with E-state index in [2.05, 4.69) is 61.5 Å². The van der Waals surface area contributed by atoms with Crippen molar-refractivity contribution in [3.05, 3.63) is 51.5 Å². The summed E-state index contributed by atoms with van der Waals surface area (Å²) in [5.41, 5.74) is 2.62. The molecule has 0 amide bonds. The predicted molar refractivity (Wildman–Crippen MR) is 87.5 cm³/mol. The lowest BCUT2D eigenvalue weighted by Crippen LogP contribution is -2.27. The van der Waals surface area contributed by atoms with Gasteiger partial charge in [-0.05, 0) is 45.7 Å². The molecular formula is C17H24N2S. The van der Waals surface area contributed by atoms with E-state index in [1.807, 2.05) is 11.3 Å². The molecule has 1 unspecified atom stereocenters. The van der Waals surface area contributed by atoms with E-state index in [4.69, 9.17) is 0 Å². The summed E-state index contributed by atoms with van der Waals surface area (Å²) < 4.78 is 0. The van der Waals surface area contributed by atoms with Crippen LogP contribution in [0.25, 0.3) is 0 Å². The lowest BCUT2D eigenvalue weighted by atomic mass is 10.0. The highest BCUT2D eigenvalue weighted by Crippen LogP contribution is 2.19. The van der Waals surface area contributed by atoms with Gasteiger partial charge in [-0.1, -0.05) is 30.3 Å². The van der Waals surface area contributed by atoms with E-state index < -0.39 is 0 Å². The van der Waals surface area contributed by atoms with Crippen LogP contribution in [0.15, 0.2) is 30.3 Å². The number of benzene rings is 1. The number of nitrogens with one attached hydrogen (secondary N) is 1. The Morgan fingerprint density at radius 1 is 1.20 bits per heavy atom. The van der Waals surface area contributed by atoms with E-state index in [9.17, 15) is 0 Å². The number of rotatable bonds is 7. The van der Waals surface area contributed by atoms with E-state index in [0.717, 1.165) is 12.8 Å². The van der Waals surface area contributed by atoms with Crippen molar-refractivity contribution >= 4 is 11.3 Å². The smallest absolute Gasteiger partial charge is 0.0946 e. The lowest BCUT2D eigenvalue weighted by molar-refractivity contribution is 0.501. The van der Waals surface area contributed by atoms with E-state index in [1.54, 1.807) is 0 Å². The molecule has 0 bridgehead atoms. The number of aromatic nitrogens is 1. The van der Waals surface area contributed by atoms with Gasteiger partial charge in [0.05, 0.1) is 10.7 Å². The highest BCUT2D eigenvalue weighted by molar-refractivity contribution is 7.11. The van der Waals surface area contributed by atoms with Crippen molar-refractivity contribution in [3.8, 4) is 0 Å². The Labute approximate surface area is 126 Å². The van der Waals surface area contributed by atoms with Crippen LogP contribution in [0.2, 0.25) is 0 Å². The second-order valence-corrected chi connectivity index (χ2v) is 6.60. The van der Waals surface area contributed by atoms with Crippen molar-refractivity contribution in [2.75, 3.05) is 7.05 Å². The van der Waals surface area contributed by atoms with Crippen molar-refractivity contribution in [1.82, 2.24) is 10.3 Å². The van der Waals surface area contributed by atoms with Crippen LogP contribution in [-0.4, -0.2) is 18.1 Å². The Hall–Kier alpha value is -1.19. The van der Waals surface area contributed by atoms with Gasteiger partial charge in [-0.25, -0.2) is 4.98 Å². The van der Waals surface area contributed by atoms with Crippen molar-refractivity contribution < 1.29 is 0 Å². The Bertz CT molecular complexity index is 500. The summed E-state index contributed by atoms with van der Waals surface area (Å²) in [5.74, 6) is 0. The van der Waals surface area contributed by atoms with Gasteiger partial charge in [0.15, 0.2) is 0 Å². The van der Waals surface area contributed by atoms with Crippen LogP contribution < -0.4 is 5.32 Å². The molecule has 1 aromatic heterocycles. The van der Waals surface area contributed by atoms with Gasteiger partial charge in [0.1, 0.15) is 0 Å². The van der Waals surface area contributed by atoms with Gasteiger partial charge in [-0.3, -0.25) is 0 Å². The SMILES string of the molecule is CNC(CCCc1ccccc1)Cc1nc(C)c(C)s1. The van der Waals surface area contributed by atoms with Crippen molar-refractivity contribution in [2.45, 2.75) is 45.6 Å². The van der Waals surface area contributed by atoms with Gasteiger partial charge in [0.2, 0.25) is 0 Å². The molecule has 1 atom stereocenters. The monoisotopic (exact) mass is 288 g/mol. The molecule has 0 saturated carbocycles. The van der Waals surface area contributed by atoms with Crippen molar-refractivity contribution in [1.29, 1.82) is 0 Å². The van der Waals surface area contributed by atoms with Crippen LogP contribution in [0.4, 0.5) is 0 Å². The van der Waals surface area contributed by atoms with Gasteiger partial charge in [-0.15, -0.1) is 11.3 Å². The molecule has 2 nitrogen and oxygen atoms in total. The Balaban J connectivity index is 1.80. The van der Waals surface area contributed by atoms with Crippen LogP contribution in [0.3, 0.4) is 0 Å². The zero-order valence-electron chi connectivity index (χ0n) is 12.6. The van der Waals surface area contributed by atoms with E-state index in [-0.39, 0.29) is 0 Å². The quantitative estimate of drug-likeness (QED) is 0.835. The van der Waals surface area contributed by atoms with E-state index in [1.165, 1.54) is 34.0 Å². The first-order valence-electron chi connectivity index (χ1n) is 7.33. The molecule has 0 fully saturated rings. The number of thiazole rings is 1. The van der Waals surface area contributed by atoms with Crippen LogP contribution in [0.1, 0.15) is 34.0 Å². The minimum atomic E-state index is 0.531. The Morgan fingerprint density at radius 2 is 1.95 bits per heavy atom. The zero-order chi connectivity index (χ0) is 14.4. The van der Waals surface area contributed by atoms with Gasteiger partial charge in [0.25, 0.3) is 0 Å². The van der Waals surface area contributed by atoms with Crippen molar-refractivity contribution in [3.63, 3.8) is 0 Å². The first-order chi connectivity index (χ1) is 9.69. The molecule has 1 aromatic carbocycles. The summed E-state index contributed by atoms with van der Waals surface area (Å²) in [7, 11) is 2.06. The largest absolute Gasteiger partial charge is 0.317 e. The Kier molecular flexibility index (Phi) is 5.74. The number of likely N-dealkylation sites (N-methyl/N-ethyl adjacent to an activating group) is 1. The second-order valence-electron chi connectivity index (χ2n) is 5.32. The van der Waals surface area contributed by atoms with Gasteiger partial charge < -0.3 is 5.32 Å². The molecule has 0 saturated heterocycles. The second kappa shape index (κ2) is 7.55. The maximum atomic E-state index is 4.64. The summed E-state index contributed by atoms with van der Waals surface area (Å²) >= 11 is 1.84. The molecule has 1 heterocycles. The minimum Gasteiger partial charge on any atom is -0.317 e. The number of hydrogen-bond acceptors (Lipinski definition) is 3. The number of hydrogen-bond donors (Lipinski definition) is 1. The van der Waals surface area contributed by atoms with Crippen LogP contribution in [0, 0.1) is 13.8 Å². The van der Waals surface area contributed by atoms with E-state index >= 15 is 0 Å². The fraction of sp³-hybridized carbons (Fsp3) is 0.471. The van der Waals surface area contributed by atoms with Gasteiger partial charge in [-0.2, -0.15) is 0 Å². The molecule has 0 aliphatic carbocycles. The summed E-state index contributed by atoms with van der Waals surface area (Å²) in [6.45, 7) is 4.25. The molecule has 2 aromatic rings. The Morgan fingerprint density at radius 3 is 2.55 bits per heavy atom. The molecule has 0 aliphatic heterocycles. The minimum absolute atomic E-state index is 0.531. The average Bonchev–Trinajstić information content (AvgIpc) is 2.77. The molecule has 1 N–H and O–H groups in total. The summed E-state index contributed by atoms with van der Waals surface area (Å²) in [6.07, 6.45) is 4.63. The average molecular weight is 288 g/mol. The molecular weight excluding hydrogens is 264 g/mol. The fourth-order valence-corrected chi connectivity index (χ4v) is 3.40. The lowest BCUT2D eigenvalue weighted by Gasteiger charge is -2.14. The van der Waals surface area contributed by atoms with Gasteiger partial charge >= 0.3 is 0 Å². The predicted octanol–water partition coefficient (Wildman–Crippen LogP) is 3.91. The third-order valence-corrected chi connectivity index (χ3v) is 4.86. The van der Waals surface area contributed by atoms with Crippen molar-refractivity contribution in [2.24, 2.45) is 0 Å². The maximum Gasteiger partial charge on any atom is 0.0946 e. The zero-order valence-corrected chi connectivity index (χ0v) is 13.5. The van der Waals surface area contributed by atoms with Gasteiger partial charge in [0, 0.05) is 17.3 Å². The number of nitrogens with zero attached hydrogens (tertiary/aromatic N) is 1. The normalized spacial score (nSPS) is 12.6. The first-order valence-corrected chi connectivity index (χ1v) is 8.14. The highest BCUT2D eigenvalue weighted by Gasteiger charge is 2.11. The molecule has 0 radical (unpaired) electrons. The topological polar surface area (TPSA) is 24.9 Å². The fourth-order valence-electron chi connectivity index (χ4n) is 2.38. The summed E-state index contributed by atoms with van der Waals surface area (Å²) in [4.78, 5) is 5.99. The summed E-state index contributed by atoms with van der Waals surface area (Å²) in [5, 5.41) is 4.70. The molecule has 3 heteroatoms.